The first kappa shape index (κ1) is 71.5. The molecule has 1 aromatic rings. The smallest absolute Gasteiger partial charge is 0.303 e. The molecule has 1 fully saturated rings. The number of carbonyl (C=O) groups is 12. The van der Waals surface area contributed by atoms with E-state index in [4.69, 9.17) is 17.2 Å². The Morgan fingerprint density at radius 1 is 0.639 bits per heavy atom. The highest BCUT2D eigenvalue weighted by atomic mass is 32.2. The van der Waals surface area contributed by atoms with Crippen LogP contribution in [0.25, 0.3) is 0 Å². The third kappa shape index (κ3) is 28.3. The van der Waals surface area contributed by atoms with Crippen molar-refractivity contribution in [3.05, 3.63) is 18.2 Å². The molecule has 0 spiro atoms. The zero-order valence-corrected chi connectivity index (χ0v) is 49.2. The maximum atomic E-state index is 14.2. The number of H-pyrrole nitrogens is 1. The van der Waals surface area contributed by atoms with Crippen molar-refractivity contribution >= 4 is 88.7 Å². The molecule has 19 N–H and O–H groups in total. The molecule has 1 aromatic heterocycles. The van der Waals surface area contributed by atoms with Gasteiger partial charge in [0.1, 0.15) is 54.4 Å². The van der Waals surface area contributed by atoms with Crippen molar-refractivity contribution < 1.29 is 67.7 Å². The number of aliphatic hydroxyl groups is 1. The number of aliphatic hydroxyl groups excluding tert-OH is 1. The lowest BCUT2D eigenvalue weighted by Gasteiger charge is -2.28. The van der Waals surface area contributed by atoms with Crippen molar-refractivity contribution in [2.45, 2.75) is 192 Å². The van der Waals surface area contributed by atoms with Gasteiger partial charge in [-0.15, -0.1) is 0 Å². The van der Waals surface area contributed by atoms with Gasteiger partial charge in [0.15, 0.2) is 5.96 Å². The number of primary amides is 1. The van der Waals surface area contributed by atoms with Gasteiger partial charge in [-0.3, -0.25) is 62.5 Å². The van der Waals surface area contributed by atoms with Gasteiger partial charge in [-0.05, 0) is 89.1 Å². The number of nitrogens with zero attached hydrogens (tertiary/aromatic N) is 2. The molecule has 11 amide bonds. The third-order valence-electron chi connectivity index (χ3n) is 12.9. The molecule has 2 rings (SSSR count). The Balaban J connectivity index is 2.68. The summed E-state index contributed by atoms with van der Waals surface area (Å²) in [6, 6.07) is -13.0. The summed E-state index contributed by atoms with van der Waals surface area (Å²) in [5, 5.41) is 45.9. The van der Waals surface area contributed by atoms with Gasteiger partial charge in [-0.25, -0.2) is 4.98 Å². The average Bonchev–Trinajstić information content (AvgIpc) is 3.95. The lowest BCUT2D eigenvalue weighted by atomic mass is 10.0. The van der Waals surface area contributed by atoms with Gasteiger partial charge < -0.3 is 85.6 Å². The Morgan fingerprint density at radius 2 is 1.14 bits per heavy atom. The van der Waals surface area contributed by atoms with Crippen molar-refractivity contribution in [2.75, 3.05) is 25.1 Å². The number of aromatic nitrogens is 2. The third-order valence-corrected chi connectivity index (χ3v) is 13.5. The van der Waals surface area contributed by atoms with Crippen LogP contribution in [0.5, 0.6) is 0 Å². The topological polar surface area (TPSA) is 485 Å². The van der Waals surface area contributed by atoms with Gasteiger partial charge in [-0.2, -0.15) is 11.8 Å². The number of nitrogens with one attached hydrogen (secondary N) is 11. The normalized spacial score (nSPS) is 24.8. The number of hydrogen-bond donors (Lipinski definition) is 16. The minimum atomic E-state index is -1.64. The number of carboxylic acids is 1. The summed E-state index contributed by atoms with van der Waals surface area (Å²) in [7, 11) is 0. The van der Waals surface area contributed by atoms with Crippen LogP contribution in [-0.4, -0.2) is 183 Å². The van der Waals surface area contributed by atoms with Gasteiger partial charge in [0.25, 0.3) is 0 Å². The second-order valence-corrected chi connectivity index (χ2v) is 22.3. The minimum absolute atomic E-state index is 0.000523. The summed E-state index contributed by atoms with van der Waals surface area (Å²) in [6.45, 7) is 9.84. The Kier molecular flexibility index (Phi) is 32.3. The highest BCUT2D eigenvalue weighted by Crippen LogP contribution is 2.13. The van der Waals surface area contributed by atoms with Crippen molar-refractivity contribution in [3.8, 4) is 0 Å². The van der Waals surface area contributed by atoms with Crippen LogP contribution in [0.4, 0.5) is 0 Å². The maximum absolute atomic E-state index is 14.2. The standard InChI is InChI=1S/C52H88N16O14S/c1-27(2)21-35-44(75)57-18-11-9-8-10-14-40(71)68-42(30(6)69)51(82)63-33(15-16-41(72)73)47(78)61-32(13-12-19-58-52(54)55)46(77)62-34(17-20-83-7)45(76)60-29(5)43(74)64-36(22-28(3)4)48(79)66-37(23-31-25-56-26-59-31)49(80)67-38(24-39(53)70)50(81)65-35/h25-30,32-38,42,69H,8-24H2,1-7H3,(H2,53,70)(H,56,59)(H,57,75)(H,60,76)(H,61,78)(H,62,77)(H,63,82)(H,64,74)(H,65,81)(H,66,79)(H,67,80)(H,68,71)(H,72,73)(H4,54,55,58)/t29-,30+,32-,33-,34-,35-,36-,37+,38-,42-/m0/s1. The van der Waals surface area contributed by atoms with E-state index in [9.17, 15) is 67.7 Å². The molecule has 10 atom stereocenters. The van der Waals surface area contributed by atoms with Crippen LogP contribution in [0.3, 0.4) is 0 Å². The number of hydrogen-bond acceptors (Lipinski definition) is 16. The molecule has 31 heteroatoms. The van der Waals surface area contributed by atoms with Gasteiger partial charge in [0.05, 0.1) is 18.9 Å². The molecule has 30 nitrogen and oxygen atoms in total. The molecular formula is C52H88N16O14S. The van der Waals surface area contributed by atoms with E-state index in [0.717, 1.165) is 0 Å². The summed E-state index contributed by atoms with van der Waals surface area (Å²) in [5.74, 6) is -11.3. The molecule has 2 heterocycles. The summed E-state index contributed by atoms with van der Waals surface area (Å²) in [5.41, 5.74) is 16.9. The van der Waals surface area contributed by atoms with Crippen molar-refractivity contribution in [3.63, 3.8) is 0 Å². The quantitative estimate of drug-likeness (QED) is 0.0362. The SMILES string of the molecule is CSCC[C@@H]1NC(=O)[C@H](CCCN=C(N)N)NC(=O)[C@H](CCC(=O)O)NC(=O)[C@H]([C@@H](C)O)NC(=O)CCCCCCNC(=O)[C@H](CC(C)C)NC(=O)[C@H](CC(N)=O)NC(=O)[C@@H](Cc2cnc[nH]2)NC(=O)[C@H](CC(C)C)NC(=O)[C@H](C)NC1=O. The molecule has 0 aliphatic carbocycles. The molecule has 466 valence electrons. The van der Waals surface area contributed by atoms with Crippen LogP contribution >= 0.6 is 11.8 Å². The van der Waals surface area contributed by atoms with Gasteiger partial charge in [0.2, 0.25) is 65.0 Å². The van der Waals surface area contributed by atoms with Crippen molar-refractivity contribution in [2.24, 2.45) is 34.0 Å². The number of imidazole rings is 1. The number of rotatable bonds is 19. The first-order chi connectivity index (χ1) is 39.1. The fourth-order valence-electron chi connectivity index (χ4n) is 8.50. The zero-order chi connectivity index (χ0) is 62.3. The zero-order valence-electron chi connectivity index (χ0n) is 48.4. The second kappa shape index (κ2) is 37.5. The molecule has 1 saturated heterocycles. The Bertz CT molecular complexity index is 2370. The lowest BCUT2D eigenvalue weighted by molar-refractivity contribution is -0.139. The number of aliphatic imine (C=N–C) groups is 1. The fourth-order valence-corrected chi connectivity index (χ4v) is 8.98. The molecule has 0 aromatic carbocycles. The number of aliphatic carboxylic acids is 1. The van der Waals surface area contributed by atoms with Crippen LogP contribution in [0, 0.1) is 11.8 Å². The van der Waals surface area contributed by atoms with Crippen LogP contribution in [0.2, 0.25) is 0 Å². The van der Waals surface area contributed by atoms with Crippen LogP contribution in [-0.2, 0) is 64.0 Å². The fraction of sp³-hybridized carbons (Fsp3) is 0.692. The number of amides is 11. The van der Waals surface area contributed by atoms with E-state index in [2.05, 4.69) is 68.1 Å². The maximum Gasteiger partial charge on any atom is 0.303 e. The van der Waals surface area contributed by atoms with E-state index < -0.39 is 151 Å². The first-order valence-corrected chi connectivity index (χ1v) is 29.2. The second-order valence-electron chi connectivity index (χ2n) is 21.3. The molecular weight excluding hydrogens is 1100 g/mol. The summed E-state index contributed by atoms with van der Waals surface area (Å²) in [6.07, 6.45) is 2.61. The van der Waals surface area contributed by atoms with E-state index in [0.29, 0.717) is 37.1 Å². The Morgan fingerprint density at radius 3 is 1.71 bits per heavy atom. The van der Waals surface area contributed by atoms with Gasteiger partial charge >= 0.3 is 5.97 Å². The molecule has 83 heavy (non-hydrogen) atoms. The number of thioether (sulfide) groups is 1. The van der Waals surface area contributed by atoms with Crippen molar-refractivity contribution in [1.82, 2.24) is 63.1 Å². The van der Waals surface area contributed by atoms with Gasteiger partial charge in [-0.1, -0.05) is 40.5 Å². The molecule has 1 aliphatic heterocycles. The van der Waals surface area contributed by atoms with Crippen LogP contribution in [0.1, 0.15) is 131 Å². The van der Waals surface area contributed by atoms with E-state index in [1.54, 1.807) is 20.1 Å². The van der Waals surface area contributed by atoms with Crippen LogP contribution < -0.4 is 70.4 Å². The lowest BCUT2D eigenvalue weighted by Crippen LogP contribution is -2.61. The van der Waals surface area contributed by atoms with E-state index in [-0.39, 0.29) is 75.8 Å². The number of nitrogens with two attached hydrogens (primary N) is 3. The molecule has 0 bridgehead atoms. The van der Waals surface area contributed by atoms with E-state index in [1.807, 2.05) is 13.8 Å². The molecule has 1 aliphatic rings. The summed E-state index contributed by atoms with van der Waals surface area (Å²) in [4.78, 5) is 174. The largest absolute Gasteiger partial charge is 0.481 e. The van der Waals surface area contributed by atoms with E-state index >= 15 is 0 Å². The molecule has 0 unspecified atom stereocenters. The predicted octanol–water partition coefficient (Wildman–Crippen LogP) is -3.56. The summed E-state index contributed by atoms with van der Waals surface area (Å²) < 4.78 is 0. The van der Waals surface area contributed by atoms with Gasteiger partial charge in [0, 0.05) is 44.2 Å². The Hall–Kier alpha value is -7.57. The van der Waals surface area contributed by atoms with Crippen LogP contribution in [0.15, 0.2) is 17.5 Å². The predicted molar refractivity (Wildman–Crippen MR) is 306 cm³/mol. The molecule has 0 radical (unpaired) electrons. The highest BCUT2D eigenvalue weighted by Gasteiger charge is 2.36. The summed E-state index contributed by atoms with van der Waals surface area (Å²) >= 11 is 1.32. The Labute approximate surface area is 487 Å². The first-order valence-electron chi connectivity index (χ1n) is 27.8. The van der Waals surface area contributed by atoms with E-state index in [1.165, 1.54) is 38.1 Å². The molecule has 0 saturated carbocycles. The number of carbonyl (C=O) groups excluding carboxylic acids is 11. The number of carboxylic acid groups (broad SMARTS) is 1. The number of guanidine groups is 1. The van der Waals surface area contributed by atoms with Crippen molar-refractivity contribution in [1.29, 1.82) is 0 Å². The minimum Gasteiger partial charge on any atom is -0.481 e. The average molecular weight is 1190 g/mol. The number of aromatic amines is 1. The highest BCUT2D eigenvalue weighted by molar-refractivity contribution is 7.98. The monoisotopic (exact) mass is 1190 g/mol.